The predicted molar refractivity (Wildman–Crippen MR) is 93.8 cm³/mol. The highest BCUT2D eigenvalue weighted by Gasteiger charge is 2.15. The van der Waals surface area contributed by atoms with E-state index in [9.17, 15) is 4.79 Å². The van der Waals surface area contributed by atoms with Gasteiger partial charge in [0.2, 0.25) is 5.91 Å². The average Bonchev–Trinajstić information content (AvgIpc) is 3.04. The number of rotatable bonds is 8. The predicted octanol–water partition coefficient (Wildman–Crippen LogP) is 1.98. The van der Waals surface area contributed by atoms with Gasteiger partial charge in [-0.05, 0) is 55.5 Å². The van der Waals surface area contributed by atoms with E-state index >= 15 is 0 Å². The van der Waals surface area contributed by atoms with Crippen molar-refractivity contribution in [2.24, 2.45) is 5.73 Å². The lowest BCUT2D eigenvalue weighted by molar-refractivity contribution is -0.122. The molecule has 0 aromatic heterocycles. The molecule has 2 rings (SSSR count). The fourth-order valence-electron chi connectivity index (χ4n) is 2.76. The minimum atomic E-state index is -0.404. The Kier molecular flexibility index (Phi) is 7.22. The number of hydrogen-bond acceptors (Lipinski definition) is 4. The molecule has 0 radical (unpaired) electrons. The summed E-state index contributed by atoms with van der Waals surface area (Å²) in [5.41, 5.74) is 8.41. The van der Waals surface area contributed by atoms with E-state index in [-0.39, 0.29) is 5.91 Å². The number of carbonyl (C=O) groups is 1. The molecule has 1 aromatic carbocycles. The van der Waals surface area contributed by atoms with E-state index in [1.54, 1.807) is 11.8 Å². The fourth-order valence-corrected chi connectivity index (χ4v) is 3.24. The molecule has 3 N–H and O–H groups in total. The van der Waals surface area contributed by atoms with Crippen LogP contribution in [0, 0.1) is 0 Å². The number of benzene rings is 1. The second-order valence-electron chi connectivity index (χ2n) is 5.86. The van der Waals surface area contributed by atoms with Crippen LogP contribution in [0.1, 0.15) is 30.4 Å². The van der Waals surface area contributed by atoms with Crippen molar-refractivity contribution in [1.29, 1.82) is 0 Å². The molecule has 1 unspecified atom stereocenters. The van der Waals surface area contributed by atoms with Gasteiger partial charge in [0.25, 0.3) is 0 Å². The lowest BCUT2D eigenvalue weighted by Crippen LogP contribution is -2.40. The van der Waals surface area contributed by atoms with Crippen LogP contribution >= 0.6 is 11.8 Å². The molecule has 0 saturated carbocycles. The maximum Gasteiger partial charge on any atom is 0.237 e. The zero-order valence-electron chi connectivity index (χ0n) is 13.4. The van der Waals surface area contributed by atoms with Gasteiger partial charge in [-0.2, -0.15) is 11.8 Å². The van der Waals surface area contributed by atoms with E-state index in [0.29, 0.717) is 6.54 Å². The highest BCUT2D eigenvalue weighted by atomic mass is 32.2. The molecule has 1 aromatic rings. The minimum Gasteiger partial charge on any atom is -0.351 e. The molecule has 22 heavy (non-hydrogen) atoms. The van der Waals surface area contributed by atoms with Crippen molar-refractivity contribution in [3.05, 3.63) is 35.4 Å². The molecule has 4 nitrogen and oxygen atoms in total. The SMILES string of the molecule is CSCCC(N)C(=O)NCc1ccccc1CN1CCCC1. The van der Waals surface area contributed by atoms with Crippen molar-refractivity contribution in [2.45, 2.75) is 38.4 Å². The molecular formula is C17H27N3OS. The molecule has 1 aliphatic rings. The lowest BCUT2D eigenvalue weighted by atomic mass is 10.1. The first-order valence-electron chi connectivity index (χ1n) is 8.02. The van der Waals surface area contributed by atoms with Crippen molar-refractivity contribution < 1.29 is 4.79 Å². The van der Waals surface area contributed by atoms with Gasteiger partial charge in [0.15, 0.2) is 0 Å². The number of amides is 1. The third kappa shape index (κ3) is 5.30. The molecule has 1 atom stereocenters. The van der Waals surface area contributed by atoms with E-state index in [0.717, 1.165) is 18.7 Å². The summed E-state index contributed by atoms with van der Waals surface area (Å²) >= 11 is 1.72. The summed E-state index contributed by atoms with van der Waals surface area (Å²) in [6, 6.07) is 7.95. The van der Waals surface area contributed by atoms with E-state index in [1.807, 2.05) is 12.3 Å². The Morgan fingerprint density at radius 3 is 2.68 bits per heavy atom. The topological polar surface area (TPSA) is 58.4 Å². The Morgan fingerprint density at radius 2 is 2.00 bits per heavy atom. The number of nitrogens with two attached hydrogens (primary N) is 1. The van der Waals surface area contributed by atoms with Crippen LogP contribution in [-0.4, -0.2) is 41.9 Å². The summed E-state index contributed by atoms with van der Waals surface area (Å²) in [6.07, 6.45) is 5.34. The quantitative estimate of drug-likeness (QED) is 0.769. The van der Waals surface area contributed by atoms with Crippen LogP contribution < -0.4 is 11.1 Å². The van der Waals surface area contributed by atoms with Crippen LogP contribution in [-0.2, 0) is 17.9 Å². The fraction of sp³-hybridized carbons (Fsp3) is 0.588. The van der Waals surface area contributed by atoms with Crippen LogP contribution in [0.3, 0.4) is 0 Å². The second-order valence-corrected chi connectivity index (χ2v) is 6.84. The van der Waals surface area contributed by atoms with E-state index < -0.39 is 6.04 Å². The molecule has 1 heterocycles. The number of hydrogen-bond donors (Lipinski definition) is 2. The van der Waals surface area contributed by atoms with Gasteiger partial charge in [0.1, 0.15) is 0 Å². The van der Waals surface area contributed by atoms with Gasteiger partial charge in [-0.3, -0.25) is 9.69 Å². The first-order valence-corrected chi connectivity index (χ1v) is 9.41. The van der Waals surface area contributed by atoms with Gasteiger partial charge in [-0.25, -0.2) is 0 Å². The number of thioether (sulfide) groups is 1. The first kappa shape index (κ1) is 17.3. The zero-order valence-corrected chi connectivity index (χ0v) is 14.2. The van der Waals surface area contributed by atoms with Crippen LogP contribution in [0.2, 0.25) is 0 Å². The maximum atomic E-state index is 12.0. The highest BCUT2D eigenvalue weighted by molar-refractivity contribution is 7.98. The Balaban J connectivity index is 1.87. The molecule has 1 amide bonds. The number of nitrogens with zero attached hydrogens (tertiary/aromatic N) is 1. The van der Waals surface area contributed by atoms with Crippen LogP contribution in [0.25, 0.3) is 0 Å². The smallest absolute Gasteiger partial charge is 0.237 e. The normalized spacial score (nSPS) is 16.6. The van der Waals surface area contributed by atoms with Crippen LogP contribution in [0.15, 0.2) is 24.3 Å². The second kappa shape index (κ2) is 9.18. The molecule has 122 valence electrons. The van der Waals surface area contributed by atoms with Crippen molar-refractivity contribution in [2.75, 3.05) is 25.1 Å². The van der Waals surface area contributed by atoms with Gasteiger partial charge in [0, 0.05) is 13.1 Å². The van der Waals surface area contributed by atoms with Gasteiger partial charge >= 0.3 is 0 Å². The molecule has 5 heteroatoms. The van der Waals surface area contributed by atoms with Crippen molar-refractivity contribution >= 4 is 17.7 Å². The van der Waals surface area contributed by atoms with Crippen molar-refractivity contribution in [3.63, 3.8) is 0 Å². The maximum absolute atomic E-state index is 12.0. The lowest BCUT2D eigenvalue weighted by Gasteiger charge is -2.18. The van der Waals surface area contributed by atoms with E-state index in [4.69, 9.17) is 5.73 Å². The number of likely N-dealkylation sites (tertiary alicyclic amines) is 1. The molecule has 1 fully saturated rings. The minimum absolute atomic E-state index is 0.0509. The molecule has 1 saturated heterocycles. The standard InChI is InChI=1S/C17H27N3OS/c1-22-11-8-16(18)17(21)19-12-14-6-2-3-7-15(14)13-20-9-4-5-10-20/h2-3,6-7,16H,4-5,8-13,18H2,1H3,(H,19,21). The van der Waals surface area contributed by atoms with E-state index in [2.05, 4.69) is 28.4 Å². The first-order chi connectivity index (χ1) is 10.7. The monoisotopic (exact) mass is 321 g/mol. The summed E-state index contributed by atoms with van der Waals surface area (Å²) in [5.74, 6) is 0.866. The Bertz CT molecular complexity index is 475. The highest BCUT2D eigenvalue weighted by Crippen LogP contribution is 2.16. The number of nitrogens with one attached hydrogen (secondary N) is 1. The third-order valence-corrected chi connectivity index (χ3v) is 4.78. The average molecular weight is 321 g/mol. The Labute approximate surface area is 137 Å². The summed E-state index contributed by atoms with van der Waals surface area (Å²) in [7, 11) is 0. The molecule has 0 spiro atoms. The Hall–Kier alpha value is -1.04. The summed E-state index contributed by atoms with van der Waals surface area (Å²) in [6.45, 7) is 3.90. The third-order valence-electron chi connectivity index (χ3n) is 4.13. The molecule has 0 bridgehead atoms. The zero-order chi connectivity index (χ0) is 15.8. The summed E-state index contributed by atoms with van der Waals surface area (Å²) < 4.78 is 0. The van der Waals surface area contributed by atoms with Crippen molar-refractivity contribution in [1.82, 2.24) is 10.2 Å². The van der Waals surface area contributed by atoms with Gasteiger partial charge < -0.3 is 11.1 Å². The summed E-state index contributed by atoms with van der Waals surface area (Å²) in [5, 5.41) is 2.98. The van der Waals surface area contributed by atoms with Gasteiger partial charge in [-0.15, -0.1) is 0 Å². The van der Waals surface area contributed by atoms with E-state index in [1.165, 1.54) is 37.1 Å². The molecular weight excluding hydrogens is 294 g/mol. The van der Waals surface area contributed by atoms with Crippen molar-refractivity contribution in [3.8, 4) is 0 Å². The largest absolute Gasteiger partial charge is 0.351 e. The van der Waals surface area contributed by atoms with Gasteiger partial charge in [0.05, 0.1) is 6.04 Å². The number of carbonyl (C=O) groups excluding carboxylic acids is 1. The van der Waals surface area contributed by atoms with Crippen LogP contribution in [0.4, 0.5) is 0 Å². The molecule has 0 aliphatic carbocycles. The summed E-state index contributed by atoms with van der Waals surface area (Å²) in [4.78, 5) is 14.5. The molecule has 1 aliphatic heterocycles. The van der Waals surface area contributed by atoms with Crippen LogP contribution in [0.5, 0.6) is 0 Å². The van der Waals surface area contributed by atoms with Gasteiger partial charge in [-0.1, -0.05) is 24.3 Å². The Morgan fingerprint density at radius 1 is 1.32 bits per heavy atom.